The molecule has 5 aliphatic rings. The third-order valence-corrected chi connectivity index (χ3v) is 10.6. The zero-order valence-electron chi connectivity index (χ0n) is 18.7. The SMILES string of the molecule is CC(C(=O)NC1C2CC3CC1CC(C(N)=O)(C3)C2)N1CCCN(c2ccc(Cl)cc2)S1(=O)=O. The Hall–Kier alpha value is -1.84. The largest absolute Gasteiger partial charge is 0.369 e. The van der Waals surface area contributed by atoms with E-state index in [9.17, 15) is 18.0 Å². The van der Waals surface area contributed by atoms with Gasteiger partial charge in [-0.3, -0.25) is 13.9 Å². The number of benzene rings is 1. The number of rotatable bonds is 5. The lowest BCUT2D eigenvalue weighted by molar-refractivity contribution is -0.147. The van der Waals surface area contributed by atoms with Gasteiger partial charge in [0, 0.05) is 29.6 Å². The number of nitrogens with two attached hydrogens (primary N) is 1. The molecule has 1 aromatic carbocycles. The minimum absolute atomic E-state index is 0.0242. The molecule has 1 heterocycles. The van der Waals surface area contributed by atoms with Crippen LogP contribution in [0, 0.1) is 23.2 Å². The molecule has 3 unspecified atom stereocenters. The van der Waals surface area contributed by atoms with Gasteiger partial charge >= 0.3 is 10.2 Å². The molecule has 33 heavy (non-hydrogen) atoms. The number of carbonyl (C=O) groups excluding carboxylic acids is 2. The summed E-state index contributed by atoms with van der Waals surface area (Å²) in [5, 5.41) is 3.72. The lowest BCUT2D eigenvalue weighted by Gasteiger charge is -2.59. The first-order valence-electron chi connectivity index (χ1n) is 11.8. The summed E-state index contributed by atoms with van der Waals surface area (Å²) in [7, 11) is -3.86. The standard InChI is InChI=1S/C23H31ClN4O4S/c1-14(27-7-2-8-28(33(27,31)32)19-5-3-18(24)4-6-19)21(29)26-20-16-9-15-10-17(20)13-23(11-15,12-16)22(25)30/h3-6,14-17,20H,2,7-13H2,1H3,(H2,25,30)(H,26,29). The van der Waals surface area contributed by atoms with E-state index in [1.807, 2.05) is 0 Å². The molecule has 6 rings (SSSR count). The average Bonchev–Trinajstić information content (AvgIpc) is 2.75. The van der Waals surface area contributed by atoms with Crippen molar-refractivity contribution < 1.29 is 18.0 Å². The van der Waals surface area contributed by atoms with Gasteiger partial charge in [-0.25, -0.2) is 0 Å². The van der Waals surface area contributed by atoms with Crippen LogP contribution in [0.4, 0.5) is 5.69 Å². The minimum atomic E-state index is -3.86. The zero-order chi connectivity index (χ0) is 23.5. The molecule has 1 saturated heterocycles. The fourth-order valence-electron chi connectivity index (χ4n) is 6.97. The van der Waals surface area contributed by atoms with Gasteiger partial charge in [-0.1, -0.05) is 11.6 Å². The number of amides is 2. The summed E-state index contributed by atoms with van der Waals surface area (Å²) < 4.78 is 29.4. The molecule has 2 amide bonds. The minimum Gasteiger partial charge on any atom is -0.369 e. The Kier molecular flexibility index (Phi) is 5.65. The molecule has 5 fully saturated rings. The van der Waals surface area contributed by atoms with Gasteiger partial charge < -0.3 is 11.1 Å². The van der Waals surface area contributed by atoms with E-state index in [0.717, 1.165) is 32.1 Å². The monoisotopic (exact) mass is 494 g/mol. The van der Waals surface area contributed by atoms with Crippen LogP contribution in [0.5, 0.6) is 0 Å². The van der Waals surface area contributed by atoms with Gasteiger partial charge in [0.05, 0.1) is 5.69 Å². The molecule has 3 N–H and O–H groups in total. The number of hydrogen-bond donors (Lipinski definition) is 2. The second-order valence-corrected chi connectivity index (χ2v) is 12.6. The molecule has 4 saturated carbocycles. The summed E-state index contributed by atoms with van der Waals surface area (Å²) in [6, 6.07) is 5.82. The van der Waals surface area contributed by atoms with Gasteiger partial charge in [0.1, 0.15) is 6.04 Å². The van der Waals surface area contributed by atoms with Crippen molar-refractivity contribution in [3.05, 3.63) is 29.3 Å². The second kappa shape index (κ2) is 8.13. The third kappa shape index (κ3) is 3.82. The summed E-state index contributed by atoms with van der Waals surface area (Å²) in [5.74, 6) is 0.465. The van der Waals surface area contributed by atoms with Crippen LogP contribution in [0.25, 0.3) is 0 Å². The van der Waals surface area contributed by atoms with E-state index < -0.39 is 21.7 Å². The Morgan fingerprint density at radius 1 is 1.12 bits per heavy atom. The molecule has 0 spiro atoms. The molecule has 4 aliphatic carbocycles. The second-order valence-electron chi connectivity index (χ2n) is 10.3. The smallest absolute Gasteiger partial charge is 0.304 e. The van der Waals surface area contributed by atoms with E-state index in [0.29, 0.717) is 36.1 Å². The lowest BCUT2D eigenvalue weighted by Crippen LogP contribution is -2.64. The van der Waals surface area contributed by atoms with Crippen molar-refractivity contribution in [1.29, 1.82) is 0 Å². The number of hydrogen-bond acceptors (Lipinski definition) is 4. The lowest BCUT2D eigenvalue weighted by atomic mass is 9.47. The molecule has 10 heteroatoms. The van der Waals surface area contributed by atoms with Gasteiger partial charge in [0.2, 0.25) is 11.8 Å². The normalized spacial score (nSPS) is 35.9. The topological polar surface area (TPSA) is 113 Å². The maximum absolute atomic E-state index is 13.4. The van der Waals surface area contributed by atoms with E-state index in [4.69, 9.17) is 17.3 Å². The predicted molar refractivity (Wildman–Crippen MR) is 126 cm³/mol. The number of carbonyl (C=O) groups is 2. The van der Waals surface area contributed by atoms with Crippen LogP contribution in [0.3, 0.4) is 0 Å². The van der Waals surface area contributed by atoms with Gasteiger partial charge in [0.15, 0.2) is 0 Å². The number of halogens is 1. The van der Waals surface area contributed by atoms with Crippen LogP contribution in [0.15, 0.2) is 24.3 Å². The average molecular weight is 495 g/mol. The molecule has 3 atom stereocenters. The van der Waals surface area contributed by atoms with Crippen molar-refractivity contribution in [2.45, 2.75) is 57.5 Å². The van der Waals surface area contributed by atoms with Crippen molar-refractivity contribution in [2.75, 3.05) is 17.4 Å². The van der Waals surface area contributed by atoms with Gasteiger partial charge in [-0.15, -0.1) is 0 Å². The Morgan fingerprint density at radius 2 is 1.76 bits per heavy atom. The third-order valence-electron chi connectivity index (χ3n) is 8.35. The number of primary amides is 1. The quantitative estimate of drug-likeness (QED) is 0.653. The summed E-state index contributed by atoms with van der Waals surface area (Å²) in [6.45, 7) is 2.31. The molecule has 4 bridgehead atoms. The van der Waals surface area contributed by atoms with Gasteiger partial charge in [0.25, 0.3) is 0 Å². The van der Waals surface area contributed by atoms with Crippen LogP contribution >= 0.6 is 11.6 Å². The Bertz CT molecular complexity index is 1050. The van der Waals surface area contributed by atoms with Crippen LogP contribution in [0.1, 0.15) is 45.4 Å². The number of nitrogens with zero attached hydrogens (tertiary/aromatic N) is 2. The van der Waals surface area contributed by atoms with E-state index in [2.05, 4.69) is 5.32 Å². The summed E-state index contributed by atoms with van der Waals surface area (Å²) in [6.07, 6.45) is 4.94. The fraction of sp³-hybridized carbons (Fsp3) is 0.652. The maximum Gasteiger partial charge on any atom is 0.304 e. The summed E-state index contributed by atoms with van der Waals surface area (Å²) in [4.78, 5) is 25.5. The summed E-state index contributed by atoms with van der Waals surface area (Å²) in [5.41, 5.74) is 5.89. The molecule has 180 valence electrons. The molecule has 1 aromatic rings. The van der Waals surface area contributed by atoms with Crippen LogP contribution in [-0.4, -0.2) is 49.7 Å². The molecule has 0 radical (unpaired) electrons. The highest BCUT2D eigenvalue weighted by atomic mass is 35.5. The van der Waals surface area contributed by atoms with E-state index >= 15 is 0 Å². The van der Waals surface area contributed by atoms with E-state index in [-0.39, 0.29) is 29.7 Å². The molecular weight excluding hydrogens is 464 g/mol. The Balaban J connectivity index is 1.31. The van der Waals surface area contributed by atoms with Crippen LogP contribution < -0.4 is 15.4 Å². The fourth-order valence-corrected chi connectivity index (χ4v) is 8.95. The van der Waals surface area contributed by atoms with Crippen LogP contribution in [-0.2, 0) is 19.8 Å². The van der Waals surface area contributed by atoms with Crippen molar-refractivity contribution in [3.8, 4) is 0 Å². The number of nitrogens with one attached hydrogen (secondary N) is 1. The molecular formula is C23H31ClN4O4S. The molecule has 8 nitrogen and oxygen atoms in total. The Labute approximate surface area is 200 Å². The van der Waals surface area contributed by atoms with Gasteiger partial charge in [-0.2, -0.15) is 12.7 Å². The maximum atomic E-state index is 13.4. The highest BCUT2D eigenvalue weighted by molar-refractivity contribution is 7.90. The van der Waals surface area contributed by atoms with Gasteiger partial charge in [-0.05, 0) is 87.5 Å². The predicted octanol–water partition coefficient (Wildman–Crippen LogP) is 2.28. The first-order valence-corrected chi connectivity index (χ1v) is 13.5. The number of anilines is 1. The van der Waals surface area contributed by atoms with Crippen molar-refractivity contribution >= 4 is 39.3 Å². The molecule has 0 aromatic heterocycles. The first kappa shape index (κ1) is 22.9. The van der Waals surface area contributed by atoms with E-state index in [1.165, 1.54) is 8.61 Å². The Morgan fingerprint density at radius 3 is 2.36 bits per heavy atom. The highest BCUT2D eigenvalue weighted by Crippen LogP contribution is 2.59. The van der Waals surface area contributed by atoms with Crippen molar-refractivity contribution in [3.63, 3.8) is 0 Å². The first-order chi connectivity index (χ1) is 15.6. The zero-order valence-corrected chi connectivity index (χ0v) is 20.3. The highest BCUT2D eigenvalue weighted by Gasteiger charge is 2.58. The van der Waals surface area contributed by atoms with Crippen LogP contribution in [0.2, 0.25) is 5.02 Å². The molecule has 1 aliphatic heterocycles. The van der Waals surface area contributed by atoms with Crippen molar-refractivity contribution in [2.24, 2.45) is 28.9 Å². The van der Waals surface area contributed by atoms with Crippen molar-refractivity contribution in [1.82, 2.24) is 9.62 Å². The summed E-state index contributed by atoms with van der Waals surface area (Å²) >= 11 is 5.96. The van der Waals surface area contributed by atoms with E-state index in [1.54, 1.807) is 31.2 Å².